The Bertz CT molecular complexity index is 3320. The van der Waals surface area contributed by atoms with Gasteiger partial charge in [0, 0.05) is 44.3 Å². The predicted molar refractivity (Wildman–Crippen MR) is 238 cm³/mol. The molecule has 0 atom stereocenters. The highest BCUT2D eigenvalue weighted by Gasteiger charge is 2.22. The molecule has 2 aromatic heterocycles. The first kappa shape index (κ1) is 32.7. The van der Waals surface area contributed by atoms with E-state index in [0.717, 1.165) is 60.9 Å². The average molecular weight is 731 g/mol. The summed E-state index contributed by atoms with van der Waals surface area (Å²) in [6.07, 6.45) is 0. The third-order valence-electron chi connectivity index (χ3n) is 11.2. The Morgan fingerprint density at radius 3 is 1.65 bits per heavy atom. The first-order valence-corrected chi connectivity index (χ1v) is 19.1. The molecule has 11 rings (SSSR count). The van der Waals surface area contributed by atoms with Crippen molar-refractivity contribution in [2.24, 2.45) is 10.7 Å². The minimum Gasteiger partial charge on any atom is -0.456 e. The molecule has 0 amide bonds. The molecule has 268 valence electrons. The zero-order valence-corrected chi connectivity index (χ0v) is 30.8. The number of hydrogen-bond acceptors (Lipinski definition) is 2. The fraction of sp³-hybridized carbons (Fsp3) is 0. The average Bonchev–Trinajstić information content (AvgIpc) is 3.78. The molecule has 5 nitrogen and oxygen atoms in total. The van der Waals surface area contributed by atoms with E-state index in [2.05, 4.69) is 131 Å². The summed E-state index contributed by atoms with van der Waals surface area (Å²) in [5.74, 6) is 0.350. The van der Waals surface area contributed by atoms with E-state index in [1.807, 2.05) is 66.7 Å². The number of aromatic nitrogens is 1. The highest BCUT2D eigenvalue weighted by molar-refractivity contribution is 6.22. The van der Waals surface area contributed by atoms with Crippen molar-refractivity contribution in [3.8, 4) is 27.9 Å². The van der Waals surface area contributed by atoms with E-state index >= 15 is 0 Å². The van der Waals surface area contributed by atoms with E-state index in [4.69, 9.17) is 15.6 Å². The molecule has 0 aliphatic rings. The third kappa shape index (κ3) is 5.40. The number of rotatable bonds is 5. The number of nitrogens with one attached hydrogen (secondary N) is 1. The maximum atomic E-state index is 8.91. The molecular formula is C52H34N4O. The third-order valence-corrected chi connectivity index (χ3v) is 11.2. The normalized spacial score (nSPS) is 12.1. The number of fused-ring (bicyclic) bond motifs is 8. The summed E-state index contributed by atoms with van der Waals surface area (Å²) in [5, 5.41) is 17.9. The number of aliphatic imine (C=N–C) groups is 1. The van der Waals surface area contributed by atoms with Crippen molar-refractivity contribution in [1.29, 1.82) is 5.41 Å². The number of amidine groups is 2. The molecule has 0 radical (unpaired) electrons. The quantitative estimate of drug-likeness (QED) is 0.137. The van der Waals surface area contributed by atoms with Crippen LogP contribution in [0.25, 0.3) is 93.2 Å². The largest absolute Gasteiger partial charge is 0.456 e. The van der Waals surface area contributed by atoms with Crippen LogP contribution in [0.1, 0.15) is 11.1 Å². The summed E-state index contributed by atoms with van der Waals surface area (Å²) in [5.41, 5.74) is 17.3. The summed E-state index contributed by atoms with van der Waals surface area (Å²) in [4.78, 5) is 4.65. The maximum absolute atomic E-state index is 8.91. The van der Waals surface area contributed by atoms with Crippen molar-refractivity contribution < 1.29 is 4.42 Å². The summed E-state index contributed by atoms with van der Waals surface area (Å²) >= 11 is 0. The smallest absolute Gasteiger partial charge is 0.154 e. The molecule has 0 unspecified atom stereocenters. The molecule has 0 spiro atoms. The van der Waals surface area contributed by atoms with Gasteiger partial charge in [-0.25, -0.2) is 4.99 Å². The lowest BCUT2D eigenvalue weighted by Crippen LogP contribution is -2.16. The second-order valence-electron chi connectivity index (χ2n) is 14.6. The number of nitrogens with two attached hydrogens (primary N) is 1. The Hall–Kier alpha value is -7.76. The molecule has 0 fully saturated rings. The molecule has 2 heterocycles. The summed E-state index contributed by atoms with van der Waals surface area (Å²) in [7, 11) is 0. The van der Waals surface area contributed by atoms with Gasteiger partial charge in [0.25, 0.3) is 0 Å². The number of furan rings is 1. The Balaban J connectivity index is 1.12. The summed E-state index contributed by atoms with van der Waals surface area (Å²) < 4.78 is 9.11. The Labute approximate surface area is 328 Å². The molecule has 11 aromatic rings. The van der Waals surface area contributed by atoms with Crippen molar-refractivity contribution in [1.82, 2.24) is 4.57 Å². The van der Waals surface area contributed by atoms with Crippen molar-refractivity contribution in [2.45, 2.75) is 0 Å². The topological polar surface area (TPSA) is 80.3 Å². The number of nitrogens with zero attached hydrogens (tertiary/aromatic N) is 2. The fourth-order valence-electron chi connectivity index (χ4n) is 8.45. The number of hydrogen-bond donors (Lipinski definition) is 2. The lowest BCUT2D eigenvalue weighted by Gasteiger charge is -2.15. The van der Waals surface area contributed by atoms with Crippen LogP contribution in [-0.2, 0) is 0 Å². The zero-order chi connectivity index (χ0) is 38.0. The van der Waals surface area contributed by atoms with Gasteiger partial charge < -0.3 is 14.7 Å². The standard InChI is InChI=1S/C52H34N4O/c53-51(35-24-22-33(23-25-35)32-12-3-1-4-13-32)55-52(54)40-20-11-21-48-50(40)44-30-41(34-14-5-2-6-15-34)47(31-49(44)57-48)56-45-28-38-18-9-7-16-36(38)26-42(45)43-27-37-17-8-10-19-39(37)29-46(43)56/h1-31H,(H3,53,54,55). The van der Waals surface area contributed by atoms with E-state index in [-0.39, 0.29) is 11.7 Å². The Kier molecular flexibility index (Phi) is 7.41. The van der Waals surface area contributed by atoms with Gasteiger partial charge in [-0.15, -0.1) is 0 Å². The van der Waals surface area contributed by atoms with Crippen LogP contribution in [0, 0.1) is 5.41 Å². The van der Waals surface area contributed by atoms with Crippen LogP contribution < -0.4 is 5.73 Å². The van der Waals surface area contributed by atoms with Gasteiger partial charge >= 0.3 is 0 Å². The number of benzene rings is 9. The first-order chi connectivity index (χ1) is 28.1. The minimum absolute atomic E-state index is 0.0931. The van der Waals surface area contributed by atoms with Gasteiger partial charge in [0.2, 0.25) is 0 Å². The van der Waals surface area contributed by atoms with E-state index in [0.29, 0.717) is 11.1 Å². The molecule has 0 aliphatic heterocycles. The van der Waals surface area contributed by atoms with Crippen molar-refractivity contribution in [2.75, 3.05) is 0 Å². The van der Waals surface area contributed by atoms with Gasteiger partial charge in [0.1, 0.15) is 17.0 Å². The van der Waals surface area contributed by atoms with E-state index < -0.39 is 0 Å². The second kappa shape index (κ2) is 12.9. The SMILES string of the molecule is N=C(/N=C(\N)c1cccc2oc3cc(-n4c5cc6ccccc6cc5c5cc6ccccc6cc54)c(-c4ccccc4)cc3c12)c1ccc(-c2ccccc2)cc1. The van der Waals surface area contributed by atoms with E-state index in [1.54, 1.807) is 0 Å². The molecular weight excluding hydrogens is 697 g/mol. The molecule has 0 bridgehead atoms. The van der Waals surface area contributed by atoms with Crippen LogP contribution in [0.4, 0.5) is 0 Å². The van der Waals surface area contributed by atoms with Crippen molar-refractivity contribution in [3.05, 3.63) is 199 Å². The highest BCUT2D eigenvalue weighted by Crippen LogP contribution is 2.43. The highest BCUT2D eigenvalue weighted by atomic mass is 16.3. The first-order valence-electron chi connectivity index (χ1n) is 19.1. The fourth-order valence-corrected chi connectivity index (χ4v) is 8.45. The molecule has 57 heavy (non-hydrogen) atoms. The monoisotopic (exact) mass is 730 g/mol. The van der Waals surface area contributed by atoms with E-state index in [1.165, 1.54) is 32.3 Å². The second-order valence-corrected chi connectivity index (χ2v) is 14.6. The lowest BCUT2D eigenvalue weighted by molar-refractivity contribution is 0.668. The van der Waals surface area contributed by atoms with E-state index in [9.17, 15) is 0 Å². The van der Waals surface area contributed by atoms with Gasteiger partial charge in [-0.05, 0) is 74.6 Å². The molecule has 5 heteroatoms. The molecule has 0 saturated carbocycles. The van der Waals surface area contributed by atoms with Crippen LogP contribution in [0.15, 0.2) is 197 Å². The van der Waals surface area contributed by atoms with Gasteiger partial charge in [-0.1, -0.05) is 146 Å². The molecule has 0 saturated heterocycles. The van der Waals surface area contributed by atoms with Crippen LogP contribution in [0.2, 0.25) is 0 Å². The maximum Gasteiger partial charge on any atom is 0.154 e. The molecule has 9 aromatic carbocycles. The summed E-state index contributed by atoms with van der Waals surface area (Å²) in [6, 6.07) is 65.3. The molecule has 3 N–H and O–H groups in total. The van der Waals surface area contributed by atoms with Gasteiger partial charge in [-0.2, -0.15) is 0 Å². The Morgan fingerprint density at radius 2 is 1.04 bits per heavy atom. The minimum atomic E-state index is 0.0931. The molecule has 0 aliphatic carbocycles. The van der Waals surface area contributed by atoms with Crippen LogP contribution in [0.5, 0.6) is 0 Å². The van der Waals surface area contributed by atoms with Crippen LogP contribution >= 0.6 is 0 Å². The van der Waals surface area contributed by atoms with Crippen LogP contribution in [0.3, 0.4) is 0 Å². The van der Waals surface area contributed by atoms with Gasteiger partial charge in [0.15, 0.2) is 5.84 Å². The van der Waals surface area contributed by atoms with Gasteiger partial charge in [0.05, 0.1) is 16.7 Å². The predicted octanol–water partition coefficient (Wildman–Crippen LogP) is 13.1. The van der Waals surface area contributed by atoms with Crippen molar-refractivity contribution in [3.63, 3.8) is 0 Å². The van der Waals surface area contributed by atoms with Gasteiger partial charge in [-0.3, -0.25) is 5.41 Å². The Morgan fingerprint density at radius 1 is 0.491 bits per heavy atom. The zero-order valence-electron chi connectivity index (χ0n) is 30.8. The summed E-state index contributed by atoms with van der Waals surface area (Å²) in [6.45, 7) is 0. The lowest BCUT2D eigenvalue weighted by atomic mass is 9.98. The van der Waals surface area contributed by atoms with Crippen LogP contribution in [-0.4, -0.2) is 16.2 Å². The van der Waals surface area contributed by atoms with Crippen molar-refractivity contribution >= 4 is 77.0 Å².